The van der Waals surface area contributed by atoms with Crippen LogP contribution in [0.25, 0.3) is 0 Å². The van der Waals surface area contributed by atoms with Crippen LogP contribution in [0.5, 0.6) is 5.75 Å². The number of nitrogens with zero attached hydrogens (tertiary/aromatic N) is 1. The maximum atomic E-state index is 12.7. The average Bonchev–Trinajstić information content (AvgIpc) is 2.45. The van der Waals surface area contributed by atoms with E-state index in [1.165, 1.54) is 24.3 Å². The Bertz CT molecular complexity index is 886. The van der Waals surface area contributed by atoms with Crippen LogP contribution in [0, 0.1) is 24.0 Å². The number of nitro benzene ring substituents is 1. The molecule has 0 heterocycles. The van der Waals surface area contributed by atoms with Crippen LogP contribution >= 0.6 is 0 Å². The molecule has 0 saturated heterocycles. The first-order valence-corrected chi connectivity index (χ1v) is 9.13. The normalized spacial score (nSPS) is 12.0. The third-order valence-corrected chi connectivity index (χ3v) is 5.39. The van der Waals surface area contributed by atoms with Gasteiger partial charge in [-0.25, -0.2) is 0 Å². The number of hydrogen-bond donors (Lipinski definition) is 0. The van der Waals surface area contributed by atoms with Gasteiger partial charge in [-0.2, -0.15) is 8.42 Å². The summed E-state index contributed by atoms with van der Waals surface area (Å²) in [5.41, 5.74) is 2.01. The maximum absolute atomic E-state index is 12.7. The van der Waals surface area contributed by atoms with Crippen molar-refractivity contribution in [1.29, 1.82) is 0 Å². The molecule has 7 heteroatoms. The van der Waals surface area contributed by atoms with Gasteiger partial charge in [-0.1, -0.05) is 32.9 Å². The van der Waals surface area contributed by atoms with E-state index in [4.69, 9.17) is 4.18 Å². The molecule has 2 aromatic rings. The fourth-order valence-electron chi connectivity index (χ4n) is 2.57. The lowest BCUT2D eigenvalue weighted by molar-refractivity contribution is -0.384. The minimum Gasteiger partial charge on any atom is -0.379 e. The molecule has 0 aliphatic rings. The second kappa shape index (κ2) is 6.48. The number of nitro groups is 1. The monoisotopic (exact) mass is 363 g/mol. The first kappa shape index (κ1) is 18.9. The Morgan fingerprint density at radius 3 is 1.88 bits per heavy atom. The molecule has 0 N–H and O–H groups in total. The summed E-state index contributed by atoms with van der Waals surface area (Å²) in [4.78, 5) is 10.2. The first-order chi connectivity index (χ1) is 11.4. The molecule has 0 radical (unpaired) electrons. The lowest BCUT2D eigenvalue weighted by Crippen LogP contribution is -2.16. The molecule has 0 aliphatic carbocycles. The highest BCUT2D eigenvalue weighted by atomic mass is 32.2. The Hall–Kier alpha value is -2.41. The van der Waals surface area contributed by atoms with Crippen molar-refractivity contribution in [2.24, 2.45) is 0 Å². The van der Waals surface area contributed by atoms with Crippen molar-refractivity contribution < 1.29 is 17.5 Å². The Labute approximate surface area is 147 Å². The van der Waals surface area contributed by atoms with Crippen molar-refractivity contribution in [1.82, 2.24) is 0 Å². The van der Waals surface area contributed by atoms with Crippen LogP contribution in [-0.2, 0) is 15.5 Å². The third kappa shape index (κ3) is 4.17. The van der Waals surface area contributed by atoms with Crippen molar-refractivity contribution in [2.45, 2.75) is 44.9 Å². The van der Waals surface area contributed by atoms with Gasteiger partial charge < -0.3 is 4.18 Å². The summed E-state index contributed by atoms with van der Waals surface area (Å²) in [6, 6.07) is 8.63. The minimum absolute atomic E-state index is 0.0318. The van der Waals surface area contributed by atoms with Crippen LogP contribution in [0.3, 0.4) is 0 Å². The van der Waals surface area contributed by atoms with Crippen molar-refractivity contribution in [3.63, 3.8) is 0 Å². The van der Waals surface area contributed by atoms with Gasteiger partial charge in [-0.05, 0) is 48.1 Å². The van der Waals surface area contributed by atoms with E-state index >= 15 is 0 Å². The second-order valence-electron chi connectivity index (χ2n) is 6.98. The van der Waals surface area contributed by atoms with E-state index in [2.05, 4.69) is 20.8 Å². The summed E-state index contributed by atoms with van der Waals surface area (Å²) in [5, 5.41) is 10.7. The van der Waals surface area contributed by atoms with Crippen molar-refractivity contribution in [3.8, 4) is 5.75 Å². The predicted molar refractivity (Wildman–Crippen MR) is 95.5 cm³/mol. The predicted octanol–water partition coefficient (Wildman–Crippen LogP) is 4.28. The topological polar surface area (TPSA) is 86.5 Å². The van der Waals surface area contributed by atoms with Crippen LogP contribution in [0.2, 0.25) is 0 Å². The van der Waals surface area contributed by atoms with Gasteiger partial charge in [0.15, 0.2) is 0 Å². The number of aryl methyl sites for hydroxylation is 2. The molecule has 25 heavy (non-hydrogen) atoms. The van der Waals surface area contributed by atoms with Gasteiger partial charge in [0, 0.05) is 12.1 Å². The van der Waals surface area contributed by atoms with E-state index in [0.29, 0.717) is 11.1 Å². The van der Waals surface area contributed by atoms with Gasteiger partial charge in [-0.15, -0.1) is 0 Å². The molecule has 0 atom stereocenters. The standard InChI is InChI=1S/C18H21NO5S/c1-12-10-14(18(3,4)5)11-13(2)17(12)25(22,23)24-16-8-6-15(7-9-16)19(20)21/h6-11H,1-5H3. The van der Waals surface area contributed by atoms with E-state index in [9.17, 15) is 18.5 Å². The van der Waals surface area contributed by atoms with Gasteiger partial charge in [0.1, 0.15) is 10.6 Å². The summed E-state index contributed by atoms with van der Waals surface area (Å²) in [6.07, 6.45) is 0. The molecule has 0 aromatic heterocycles. The van der Waals surface area contributed by atoms with E-state index < -0.39 is 15.0 Å². The fraction of sp³-hybridized carbons (Fsp3) is 0.333. The molecular formula is C18H21NO5S. The molecule has 6 nitrogen and oxygen atoms in total. The minimum atomic E-state index is -4.04. The fourth-order valence-corrected chi connectivity index (χ4v) is 3.92. The van der Waals surface area contributed by atoms with Crippen LogP contribution in [-0.4, -0.2) is 13.3 Å². The third-order valence-electron chi connectivity index (χ3n) is 3.83. The molecule has 0 fully saturated rings. The Kier molecular flexibility index (Phi) is 4.90. The van der Waals surface area contributed by atoms with E-state index in [-0.39, 0.29) is 21.7 Å². The van der Waals surface area contributed by atoms with Crippen molar-refractivity contribution >= 4 is 15.8 Å². The van der Waals surface area contributed by atoms with E-state index in [1.807, 2.05) is 12.1 Å². The molecule has 134 valence electrons. The summed E-state index contributed by atoms with van der Waals surface area (Å²) < 4.78 is 30.5. The Morgan fingerprint density at radius 2 is 1.48 bits per heavy atom. The Balaban J connectivity index is 2.41. The second-order valence-corrected chi connectivity index (χ2v) is 8.46. The zero-order chi connectivity index (χ0) is 19.0. The van der Waals surface area contributed by atoms with Crippen LogP contribution in [0.4, 0.5) is 5.69 Å². The molecule has 2 rings (SSSR count). The smallest absolute Gasteiger partial charge is 0.339 e. The molecule has 2 aromatic carbocycles. The Morgan fingerprint density at radius 1 is 1.00 bits per heavy atom. The number of hydrogen-bond acceptors (Lipinski definition) is 5. The van der Waals surface area contributed by atoms with Gasteiger partial charge in [0.2, 0.25) is 0 Å². The summed E-state index contributed by atoms with van der Waals surface area (Å²) in [5.74, 6) is 0.0318. The van der Waals surface area contributed by atoms with Crippen LogP contribution in [0.15, 0.2) is 41.3 Å². The molecule has 0 aliphatic heterocycles. The molecule has 0 spiro atoms. The van der Waals surface area contributed by atoms with Crippen LogP contribution < -0.4 is 4.18 Å². The van der Waals surface area contributed by atoms with E-state index in [1.54, 1.807) is 13.8 Å². The van der Waals surface area contributed by atoms with Gasteiger partial charge in [0.05, 0.1) is 4.92 Å². The van der Waals surface area contributed by atoms with Crippen molar-refractivity contribution in [3.05, 3.63) is 63.2 Å². The lowest BCUT2D eigenvalue weighted by Gasteiger charge is -2.22. The number of non-ortho nitro benzene ring substituents is 1. The molecule has 0 bridgehead atoms. The maximum Gasteiger partial charge on any atom is 0.339 e. The quantitative estimate of drug-likeness (QED) is 0.460. The van der Waals surface area contributed by atoms with Crippen molar-refractivity contribution in [2.75, 3.05) is 0 Å². The molecule has 0 amide bonds. The highest BCUT2D eigenvalue weighted by Crippen LogP contribution is 2.31. The highest BCUT2D eigenvalue weighted by Gasteiger charge is 2.25. The highest BCUT2D eigenvalue weighted by molar-refractivity contribution is 7.87. The van der Waals surface area contributed by atoms with Gasteiger partial charge in [-0.3, -0.25) is 10.1 Å². The first-order valence-electron chi connectivity index (χ1n) is 7.72. The molecule has 0 unspecified atom stereocenters. The lowest BCUT2D eigenvalue weighted by atomic mass is 9.85. The van der Waals surface area contributed by atoms with Crippen LogP contribution in [0.1, 0.15) is 37.5 Å². The SMILES string of the molecule is Cc1cc(C(C)(C)C)cc(C)c1S(=O)(=O)Oc1ccc([N+](=O)[O-])cc1. The molecular weight excluding hydrogens is 342 g/mol. The van der Waals surface area contributed by atoms with Gasteiger partial charge >= 0.3 is 10.1 Å². The zero-order valence-electron chi connectivity index (χ0n) is 14.9. The van der Waals surface area contributed by atoms with Gasteiger partial charge in [0.25, 0.3) is 5.69 Å². The van der Waals surface area contributed by atoms with E-state index in [0.717, 1.165) is 5.56 Å². The summed E-state index contributed by atoms with van der Waals surface area (Å²) in [6.45, 7) is 9.64. The largest absolute Gasteiger partial charge is 0.379 e. The number of rotatable bonds is 4. The average molecular weight is 363 g/mol. The molecule has 0 saturated carbocycles. The number of benzene rings is 2. The summed E-state index contributed by atoms with van der Waals surface area (Å²) in [7, 11) is -4.04. The summed E-state index contributed by atoms with van der Waals surface area (Å²) >= 11 is 0. The zero-order valence-corrected chi connectivity index (χ0v) is 15.7.